The minimum absolute atomic E-state index is 0.0433. The quantitative estimate of drug-likeness (QED) is 0.691. The van der Waals surface area contributed by atoms with E-state index in [9.17, 15) is 19.2 Å². The van der Waals surface area contributed by atoms with Crippen molar-refractivity contribution in [2.75, 3.05) is 14.2 Å². The van der Waals surface area contributed by atoms with Crippen molar-refractivity contribution >= 4 is 23.5 Å². The first-order valence-electron chi connectivity index (χ1n) is 8.20. The van der Waals surface area contributed by atoms with E-state index < -0.39 is 35.6 Å². The van der Waals surface area contributed by atoms with Crippen molar-refractivity contribution in [3.05, 3.63) is 0 Å². The van der Waals surface area contributed by atoms with Gasteiger partial charge in [0.15, 0.2) is 0 Å². The van der Waals surface area contributed by atoms with Crippen LogP contribution in [0.5, 0.6) is 0 Å². The predicted molar refractivity (Wildman–Crippen MR) is 80.3 cm³/mol. The smallest absolute Gasteiger partial charge is 0.309 e. The molecule has 0 aromatic carbocycles. The highest BCUT2D eigenvalue weighted by Gasteiger charge is 2.44. The lowest BCUT2D eigenvalue weighted by molar-refractivity contribution is -0.155. The summed E-state index contributed by atoms with van der Waals surface area (Å²) in [6, 6.07) is 0. The molecule has 2 aliphatic carbocycles. The molecular formula is C17H24O6. The van der Waals surface area contributed by atoms with Gasteiger partial charge >= 0.3 is 11.9 Å². The van der Waals surface area contributed by atoms with Gasteiger partial charge in [-0.05, 0) is 32.1 Å². The molecule has 4 atom stereocenters. The monoisotopic (exact) mass is 324 g/mol. The first-order chi connectivity index (χ1) is 11.0. The molecule has 0 saturated heterocycles. The lowest BCUT2D eigenvalue weighted by Crippen LogP contribution is -2.36. The molecule has 2 saturated carbocycles. The molecule has 0 bridgehead atoms. The Kier molecular flexibility index (Phi) is 5.91. The summed E-state index contributed by atoms with van der Waals surface area (Å²) in [6.45, 7) is 0. The van der Waals surface area contributed by atoms with E-state index in [2.05, 4.69) is 0 Å². The van der Waals surface area contributed by atoms with Gasteiger partial charge < -0.3 is 9.47 Å². The Bertz CT molecular complexity index is 453. The number of carbonyl (C=O) groups is 4. The normalized spacial score (nSPS) is 26.9. The third kappa shape index (κ3) is 3.79. The molecule has 0 aromatic rings. The lowest BCUT2D eigenvalue weighted by atomic mass is 9.77. The zero-order valence-corrected chi connectivity index (χ0v) is 13.7. The van der Waals surface area contributed by atoms with E-state index in [0.717, 1.165) is 12.8 Å². The van der Waals surface area contributed by atoms with Crippen LogP contribution in [0, 0.1) is 23.7 Å². The average molecular weight is 324 g/mol. The van der Waals surface area contributed by atoms with E-state index >= 15 is 0 Å². The Morgan fingerprint density at radius 1 is 0.913 bits per heavy atom. The second kappa shape index (κ2) is 7.70. The van der Waals surface area contributed by atoms with Crippen molar-refractivity contribution in [1.29, 1.82) is 0 Å². The molecule has 6 nitrogen and oxygen atoms in total. The van der Waals surface area contributed by atoms with Crippen LogP contribution < -0.4 is 0 Å². The van der Waals surface area contributed by atoms with Crippen LogP contribution in [0.1, 0.15) is 44.9 Å². The highest BCUT2D eigenvalue weighted by Crippen LogP contribution is 2.38. The Morgan fingerprint density at radius 2 is 1.30 bits per heavy atom. The van der Waals surface area contributed by atoms with Gasteiger partial charge in [-0.3, -0.25) is 19.2 Å². The second-order valence-electron chi connectivity index (χ2n) is 6.43. The van der Waals surface area contributed by atoms with Gasteiger partial charge in [-0.15, -0.1) is 0 Å². The number of hydrogen-bond acceptors (Lipinski definition) is 6. The van der Waals surface area contributed by atoms with Crippen molar-refractivity contribution in [2.45, 2.75) is 44.9 Å². The topological polar surface area (TPSA) is 86.7 Å². The van der Waals surface area contributed by atoms with E-state index in [1.165, 1.54) is 14.2 Å². The summed E-state index contributed by atoms with van der Waals surface area (Å²) in [5, 5.41) is 0. The van der Waals surface area contributed by atoms with Gasteiger partial charge in [0, 0.05) is 24.7 Å². The molecule has 0 unspecified atom stereocenters. The molecule has 0 heterocycles. The van der Waals surface area contributed by atoms with Crippen molar-refractivity contribution < 1.29 is 28.7 Å². The molecule has 2 rings (SSSR count). The van der Waals surface area contributed by atoms with Crippen molar-refractivity contribution in [3.63, 3.8) is 0 Å². The predicted octanol–water partition coefficient (Wildman–Crippen LogP) is 1.69. The maximum Gasteiger partial charge on any atom is 0.309 e. The zero-order chi connectivity index (χ0) is 17.0. The number of methoxy groups -OCH3 is 2. The molecule has 0 amide bonds. The van der Waals surface area contributed by atoms with E-state index in [-0.39, 0.29) is 18.0 Å². The number of carbonyl (C=O) groups excluding carboxylic acids is 4. The molecule has 128 valence electrons. The summed E-state index contributed by atoms with van der Waals surface area (Å²) in [4.78, 5) is 48.5. The fraction of sp³-hybridized carbons (Fsp3) is 0.765. The van der Waals surface area contributed by atoms with E-state index in [4.69, 9.17) is 9.47 Å². The maximum atomic E-state index is 12.2. The summed E-state index contributed by atoms with van der Waals surface area (Å²) in [5.41, 5.74) is 0. The number of ketones is 2. The average Bonchev–Trinajstić information content (AvgIpc) is 3.16. The van der Waals surface area contributed by atoms with Gasteiger partial charge in [0.05, 0.1) is 26.1 Å². The number of ether oxygens (including phenoxy) is 2. The summed E-state index contributed by atoms with van der Waals surface area (Å²) < 4.78 is 9.70. The largest absolute Gasteiger partial charge is 0.469 e. The Labute approximate surface area is 135 Å². The van der Waals surface area contributed by atoms with Crippen LogP contribution in [0.25, 0.3) is 0 Å². The molecule has 0 aliphatic heterocycles. The van der Waals surface area contributed by atoms with Crippen LogP contribution in [0.3, 0.4) is 0 Å². The van der Waals surface area contributed by atoms with Crippen LogP contribution in [-0.4, -0.2) is 37.7 Å². The highest BCUT2D eigenvalue weighted by molar-refractivity contribution is 5.90. The number of rotatable bonds is 6. The summed E-state index contributed by atoms with van der Waals surface area (Å²) in [6.07, 6.45) is 3.83. The third-order valence-corrected chi connectivity index (χ3v) is 5.19. The first-order valence-corrected chi connectivity index (χ1v) is 8.20. The third-order valence-electron chi connectivity index (χ3n) is 5.19. The molecule has 6 heteroatoms. The van der Waals surface area contributed by atoms with Crippen molar-refractivity contribution in [3.8, 4) is 0 Å². The number of esters is 2. The number of Topliss-reactive ketones (excluding diaryl/α,β-unsaturated/α-hetero) is 2. The Morgan fingerprint density at radius 3 is 1.57 bits per heavy atom. The minimum Gasteiger partial charge on any atom is -0.469 e. The van der Waals surface area contributed by atoms with Crippen LogP contribution in [-0.2, 0) is 28.7 Å². The van der Waals surface area contributed by atoms with Gasteiger partial charge in [-0.2, -0.15) is 0 Å². The molecule has 0 aromatic heterocycles. The lowest BCUT2D eigenvalue weighted by Gasteiger charge is -2.26. The van der Waals surface area contributed by atoms with Gasteiger partial charge in [0.25, 0.3) is 0 Å². The number of hydrogen-bond donors (Lipinski definition) is 0. The standard InChI is InChI=1S/C17H24O6/c1-22-16(20)12(10-5-3-7-14(10)18)9-13(17(21)23-2)11-6-4-8-15(11)19/h10-13H,3-9H2,1-2H3/t10-,11+,12-,13-/m1/s1. The summed E-state index contributed by atoms with van der Waals surface area (Å²) in [5.74, 6) is -3.05. The van der Waals surface area contributed by atoms with Crippen LogP contribution in [0.4, 0.5) is 0 Å². The van der Waals surface area contributed by atoms with E-state index in [1.54, 1.807) is 0 Å². The minimum atomic E-state index is -0.674. The molecule has 0 spiro atoms. The SMILES string of the molecule is COC(=O)[C@H](C[C@@H](C(=O)OC)[C@H]1CCCC1=O)[C@@H]1CCCC1=O. The fourth-order valence-electron chi connectivity index (χ4n) is 3.96. The van der Waals surface area contributed by atoms with Crippen molar-refractivity contribution in [1.82, 2.24) is 0 Å². The molecule has 2 fully saturated rings. The van der Waals surface area contributed by atoms with E-state index in [1.807, 2.05) is 0 Å². The first kappa shape index (κ1) is 17.6. The molecule has 0 radical (unpaired) electrons. The second-order valence-corrected chi connectivity index (χ2v) is 6.43. The molecule has 2 aliphatic rings. The van der Waals surface area contributed by atoms with Crippen LogP contribution in [0.15, 0.2) is 0 Å². The highest BCUT2D eigenvalue weighted by atomic mass is 16.5. The maximum absolute atomic E-state index is 12.2. The Balaban J connectivity index is 2.22. The summed E-state index contributed by atoms with van der Waals surface area (Å²) in [7, 11) is 2.56. The van der Waals surface area contributed by atoms with Crippen molar-refractivity contribution in [2.24, 2.45) is 23.7 Å². The summed E-state index contributed by atoms with van der Waals surface area (Å²) >= 11 is 0. The van der Waals surface area contributed by atoms with Gasteiger partial charge in [0.2, 0.25) is 0 Å². The molecule has 0 N–H and O–H groups in total. The van der Waals surface area contributed by atoms with Gasteiger partial charge in [-0.1, -0.05) is 0 Å². The van der Waals surface area contributed by atoms with Gasteiger partial charge in [0.1, 0.15) is 11.6 Å². The van der Waals surface area contributed by atoms with Crippen LogP contribution >= 0.6 is 0 Å². The fourth-order valence-corrected chi connectivity index (χ4v) is 3.96. The van der Waals surface area contributed by atoms with E-state index in [0.29, 0.717) is 25.7 Å². The van der Waals surface area contributed by atoms with Gasteiger partial charge in [-0.25, -0.2) is 0 Å². The molecule has 23 heavy (non-hydrogen) atoms. The van der Waals surface area contributed by atoms with Crippen LogP contribution in [0.2, 0.25) is 0 Å². The Hall–Kier alpha value is -1.72. The molecular weight excluding hydrogens is 300 g/mol. The zero-order valence-electron chi connectivity index (χ0n) is 13.7.